The Morgan fingerprint density at radius 3 is 2.26 bits per heavy atom. The van der Waals surface area contributed by atoms with Crippen molar-refractivity contribution < 1.29 is 14.6 Å². The quantitative estimate of drug-likeness (QED) is 0.883. The van der Waals surface area contributed by atoms with E-state index in [1.807, 2.05) is 0 Å². The summed E-state index contributed by atoms with van der Waals surface area (Å²) in [4.78, 5) is 16.7. The van der Waals surface area contributed by atoms with E-state index in [9.17, 15) is 9.90 Å². The Hall–Kier alpha value is -1.59. The fourth-order valence-electron chi connectivity index (χ4n) is 5.15. The van der Waals surface area contributed by atoms with Gasteiger partial charge in [-0.25, -0.2) is 0 Å². The molecule has 1 N–H and O–H groups in total. The monoisotopic (exact) mass is 372 g/mol. The molecular formula is C22H32N2O3. The van der Waals surface area contributed by atoms with E-state index in [-0.39, 0.29) is 5.60 Å². The van der Waals surface area contributed by atoms with Crippen molar-refractivity contribution in [1.82, 2.24) is 9.80 Å². The van der Waals surface area contributed by atoms with Crippen molar-refractivity contribution in [2.24, 2.45) is 0 Å². The van der Waals surface area contributed by atoms with E-state index < -0.39 is 12.0 Å². The maximum atomic E-state index is 12.3. The molecule has 4 rings (SSSR count). The van der Waals surface area contributed by atoms with Gasteiger partial charge in [-0.05, 0) is 87.7 Å². The topological polar surface area (TPSA) is 53.0 Å². The predicted octanol–water partition coefficient (Wildman–Crippen LogP) is 3.23. The predicted molar refractivity (Wildman–Crippen MR) is 106 cm³/mol. The molecule has 2 heterocycles. The Morgan fingerprint density at radius 1 is 1.04 bits per heavy atom. The molecular weight excluding hydrogens is 340 g/mol. The van der Waals surface area contributed by atoms with Gasteiger partial charge in [-0.15, -0.1) is 0 Å². The SMILES string of the molecule is Cc1c(C)c(C(C(=O)O)N2CCN(C)CC2)c(C)c2c1OC1(CCC1)CC2. The highest BCUT2D eigenvalue weighted by Crippen LogP contribution is 2.49. The molecule has 2 fully saturated rings. The van der Waals surface area contributed by atoms with Crippen LogP contribution in [0.25, 0.3) is 0 Å². The number of piperazine rings is 1. The standard InChI is InChI=1S/C22H32N2O3/c1-14-15(2)20-17(6-9-22(27-20)7-5-8-22)16(3)18(14)19(21(25)26)24-12-10-23(4)11-13-24/h19H,5-13H2,1-4H3,(H,25,26). The van der Waals surface area contributed by atoms with Gasteiger partial charge in [0.2, 0.25) is 0 Å². The first-order chi connectivity index (χ1) is 12.8. The maximum Gasteiger partial charge on any atom is 0.325 e. The molecule has 0 aromatic heterocycles. The van der Waals surface area contributed by atoms with Crippen LogP contribution < -0.4 is 4.74 Å². The summed E-state index contributed by atoms with van der Waals surface area (Å²) in [7, 11) is 2.10. The summed E-state index contributed by atoms with van der Waals surface area (Å²) >= 11 is 0. The Balaban J connectivity index is 1.76. The van der Waals surface area contributed by atoms with Crippen molar-refractivity contribution in [1.29, 1.82) is 0 Å². The van der Waals surface area contributed by atoms with E-state index in [2.05, 4.69) is 37.6 Å². The molecule has 1 saturated carbocycles. The summed E-state index contributed by atoms with van der Waals surface area (Å²) < 4.78 is 6.53. The number of carbonyl (C=O) groups is 1. The highest BCUT2D eigenvalue weighted by Gasteiger charge is 2.44. The van der Waals surface area contributed by atoms with Gasteiger partial charge in [0, 0.05) is 26.2 Å². The zero-order chi connectivity index (χ0) is 19.3. The van der Waals surface area contributed by atoms with Crippen LogP contribution in [0.1, 0.15) is 59.5 Å². The lowest BCUT2D eigenvalue weighted by Crippen LogP contribution is -2.48. The highest BCUT2D eigenvalue weighted by molar-refractivity contribution is 5.78. The van der Waals surface area contributed by atoms with E-state index in [0.29, 0.717) is 0 Å². The van der Waals surface area contributed by atoms with Crippen molar-refractivity contribution in [3.63, 3.8) is 0 Å². The second-order valence-corrected chi connectivity index (χ2v) is 8.81. The molecule has 0 radical (unpaired) electrons. The lowest BCUT2D eigenvalue weighted by molar-refractivity contribution is -0.144. The molecule has 1 spiro atoms. The number of fused-ring (bicyclic) bond motifs is 1. The molecule has 5 heteroatoms. The molecule has 0 amide bonds. The largest absolute Gasteiger partial charge is 0.487 e. The molecule has 2 aliphatic heterocycles. The Labute approximate surface area is 162 Å². The van der Waals surface area contributed by atoms with E-state index in [4.69, 9.17) is 4.74 Å². The van der Waals surface area contributed by atoms with Crippen LogP contribution in [0.5, 0.6) is 5.75 Å². The summed E-state index contributed by atoms with van der Waals surface area (Å²) in [6, 6.07) is -0.567. The fraction of sp³-hybridized carbons (Fsp3) is 0.682. The van der Waals surface area contributed by atoms with Crippen LogP contribution in [0.2, 0.25) is 0 Å². The second kappa shape index (κ2) is 6.78. The molecule has 5 nitrogen and oxygen atoms in total. The lowest BCUT2D eigenvalue weighted by Gasteiger charge is -2.47. The summed E-state index contributed by atoms with van der Waals surface area (Å²) in [6.45, 7) is 9.71. The minimum Gasteiger partial charge on any atom is -0.487 e. The molecule has 27 heavy (non-hydrogen) atoms. The van der Waals surface area contributed by atoms with Crippen molar-refractivity contribution >= 4 is 5.97 Å². The van der Waals surface area contributed by atoms with Gasteiger partial charge in [0.1, 0.15) is 17.4 Å². The van der Waals surface area contributed by atoms with Crippen LogP contribution >= 0.6 is 0 Å². The van der Waals surface area contributed by atoms with Gasteiger partial charge in [0.25, 0.3) is 0 Å². The highest BCUT2D eigenvalue weighted by atomic mass is 16.5. The number of carboxylic acids is 1. The van der Waals surface area contributed by atoms with Crippen LogP contribution in [-0.4, -0.2) is 59.7 Å². The molecule has 3 aliphatic rings. The van der Waals surface area contributed by atoms with Gasteiger partial charge >= 0.3 is 5.97 Å². The van der Waals surface area contributed by atoms with Crippen molar-refractivity contribution in [3.8, 4) is 5.75 Å². The number of rotatable bonds is 3. The van der Waals surface area contributed by atoms with Gasteiger partial charge in [-0.2, -0.15) is 0 Å². The lowest BCUT2D eigenvalue weighted by atomic mass is 9.73. The maximum absolute atomic E-state index is 12.3. The molecule has 1 aromatic rings. The van der Waals surface area contributed by atoms with Crippen LogP contribution in [-0.2, 0) is 11.2 Å². The molecule has 1 unspecified atom stereocenters. The van der Waals surface area contributed by atoms with Gasteiger partial charge < -0.3 is 14.7 Å². The van der Waals surface area contributed by atoms with Crippen molar-refractivity contribution in [2.75, 3.05) is 33.2 Å². The van der Waals surface area contributed by atoms with E-state index in [0.717, 1.165) is 79.9 Å². The number of ether oxygens (including phenoxy) is 1. The fourth-order valence-corrected chi connectivity index (χ4v) is 5.15. The third-order valence-corrected chi connectivity index (χ3v) is 7.26. The molecule has 148 valence electrons. The van der Waals surface area contributed by atoms with Crippen molar-refractivity contribution in [3.05, 3.63) is 27.8 Å². The number of nitrogens with zero attached hydrogens (tertiary/aromatic N) is 2. The third-order valence-electron chi connectivity index (χ3n) is 7.26. The number of hydrogen-bond acceptors (Lipinski definition) is 4. The first-order valence-corrected chi connectivity index (χ1v) is 10.3. The summed E-state index contributed by atoms with van der Waals surface area (Å²) in [5, 5.41) is 10.1. The first-order valence-electron chi connectivity index (χ1n) is 10.3. The number of benzene rings is 1. The Bertz CT molecular complexity index is 762. The van der Waals surface area contributed by atoms with Crippen LogP contribution in [0, 0.1) is 20.8 Å². The van der Waals surface area contributed by atoms with Crippen molar-refractivity contribution in [2.45, 2.75) is 64.5 Å². The minimum atomic E-state index is -0.739. The molecule has 1 aliphatic carbocycles. The van der Waals surface area contributed by atoms with Crippen LogP contribution in [0.3, 0.4) is 0 Å². The number of aliphatic carboxylic acids is 1. The first kappa shape index (κ1) is 18.8. The number of carboxylic acid groups (broad SMARTS) is 1. The zero-order valence-corrected chi connectivity index (χ0v) is 17.1. The molecule has 1 atom stereocenters. The summed E-state index contributed by atoms with van der Waals surface area (Å²) in [6.07, 6.45) is 5.64. The summed E-state index contributed by atoms with van der Waals surface area (Å²) in [5.41, 5.74) is 5.66. The Morgan fingerprint density at radius 2 is 1.70 bits per heavy atom. The van der Waals surface area contributed by atoms with E-state index in [1.54, 1.807) is 0 Å². The second-order valence-electron chi connectivity index (χ2n) is 8.81. The number of likely N-dealkylation sites (N-methyl/N-ethyl adjacent to an activating group) is 1. The van der Waals surface area contributed by atoms with Gasteiger partial charge in [-0.1, -0.05) is 0 Å². The normalized spacial score (nSPS) is 23.4. The van der Waals surface area contributed by atoms with Gasteiger partial charge in [0.05, 0.1) is 0 Å². The van der Waals surface area contributed by atoms with Gasteiger partial charge in [0.15, 0.2) is 0 Å². The average molecular weight is 373 g/mol. The average Bonchev–Trinajstić information content (AvgIpc) is 2.62. The molecule has 1 aromatic carbocycles. The summed E-state index contributed by atoms with van der Waals surface area (Å²) in [5.74, 6) is 0.305. The molecule has 0 bridgehead atoms. The smallest absolute Gasteiger partial charge is 0.325 e. The van der Waals surface area contributed by atoms with Crippen LogP contribution in [0.4, 0.5) is 0 Å². The Kier molecular flexibility index (Phi) is 4.71. The molecule has 1 saturated heterocycles. The van der Waals surface area contributed by atoms with E-state index in [1.165, 1.54) is 12.0 Å². The number of hydrogen-bond donors (Lipinski definition) is 1. The van der Waals surface area contributed by atoms with Gasteiger partial charge in [-0.3, -0.25) is 9.69 Å². The van der Waals surface area contributed by atoms with Crippen LogP contribution in [0.15, 0.2) is 0 Å². The van der Waals surface area contributed by atoms with E-state index >= 15 is 0 Å². The minimum absolute atomic E-state index is 0.0574. The zero-order valence-electron chi connectivity index (χ0n) is 17.1. The third kappa shape index (κ3) is 3.05.